The third-order valence-electron chi connectivity index (χ3n) is 6.90. The van der Waals surface area contributed by atoms with Crippen LogP contribution in [0.3, 0.4) is 0 Å². The van der Waals surface area contributed by atoms with E-state index < -0.39 is 52.9 Å². The number of aromatic nitrogens is 1. The summed E-state index contributed by atoms with van der Waals surface area (Å²) in [5.74, 6) is -2.73. The Labute approximate surface area is 241 Å². The van der Waals surface area contributed by atoms with E-state index in [-0.39, 0.29) is 35.6 Å². The van der Waals surface area contributed by atoms with Gasteiger partial charge in [-0.3, -0.25) is 9.59 Å². The third-order valence-corrected chi connectivity index (χ3v) is 6.90. The quantitative estimate of drug-likeness (QED) is 0.362. The topological polar surface area (TPSA) is 84.8 Å². The zero-order valence-corrected chi connectivity index (χ0v) is 23.5. The number of piperazine rings is 1. The van der Waals surface area contributed by atoms with Crippen LogP contribution in [0.25, 0.3) is 10.9 Å². The van der Waals surface area contributed by atoms with Gasteiger partial charge in [-0.05, 0) is 50.1 Å². The fourth-order valence-electron chi connectivity index (χ4n) is 5.30. The Balaban J connectivity index is 1.76. The van der Waals surface area contributed by atoms with Gasteiger partial charge in [-0.15, -0.1) is 13.2 Å². The van der Waals surface area contributed by atoms with Crippen molar-refractivity contribution in [2.75, 3.05) is 25.1 Å². The van der Waals surface area contributed by atoms with Gasteiger partial charge in [0.05, 0.1) is 18.0 Å². The Morgan fingerprint density at radius 1 is 1.09 bits per heavy atom. The predicted octanol–water partition coefficient (Wildman–Crippen LogP) is 5.04. The summed E-state index contributed by atoms with van der Waals surface area (Å²) in [4.78, 5) is 28.1. The molecule has 0 spiro atoms. The lowest BCUT2D eigenvalue weighted by Gasteiger charge is -2.38. The van der Waals surface area contributed by atoms with Gasteiger partial charge in [0, 0.05) is 37.9 Å². The average molecular weight is 619 g/mol. The average Bonchev–Trinajstić information content (AvgIpc) is 2.86. The molecule has 0 bridgehead atoms. The summed E-state index contributed by atoms with van der Waals surface area (Å²) in [5.41, 5.74) is -1.47. The molecule has 0 saturated carbocycles. The molecule has 8 nitrogen and oxygen atoms in total. The number of ether oxygens (including phenoxy) is 2. The van der Waals surface area contributed by atoms with Crippen molar-refractivity contribution in [2.24, 2.45) is 0 Å². The van der Waals surface area contributed by atoms with E-state index in [1.165, 1.54) is 13.0 Å². The van der Waals surface area contributed by atoms with E-state index in [2.05, 4.69) is 15.4 Å². The minimum atomic E-state index is -4.90. The van der Waals surface area contributed by atoms with E-state index >= 15 is 4.39 Å². The molecule has 0 radical (unpaired) electrons. The van der Waals surface area contributed by atoms with Crippen LogP contribution in [-0.2, 0) is 13.1 Å². The van der Waals surface area contributed by atoms with E-state index in [1.54, 1.807) is 4.90 Å². The lowest BCUT2D eigenvalue weighted by atomic mass is 10.0. The Morgan fingerprint density at radius 2 is 1.74 bits per heavy atom. The number of hydrogen-bond donors (Lipinski definition) is 2. The van der Waals surface area contributed by atoms with Gasteiger partial charge in [0.2, 0.25) is 5.43 Å². The van der Waals surface area contributed by atoms with Crippen molar-refractivity contribution >= 4 is 22.5 Å². The van der Waals surface area contributed by atoms with Crippen LogP contribution in [0.5, 0.6) is 11.5 Å². The van der Waals surface area contributed by atoms with E-state index in [9.17, 15) is 35.9 Å². The van der Waals surface area contributed by atoms with Gasteiger partial charge in [0.15, 0.2) is 11.6 Å². The summed E-state index contributed by atoms with van der Waals surface area (Å²) in [5, 5.41) is 5.19. The van der Waals surface area contributed by atoms with Gasteiger partial charge in [0.25, 0.3) is 5.91 Å². The lowest BCUT2D eigenvalue weighted by Crippen LogP contribution is -2.54. The SMILES string of the molecule is COc1c(N2C[C@@H](C)N[C@@H](C)C2)c(F)cc2c(=O)c(C(=O)NCc3ccc(OC(F)(F)F)cc3C)cn(CC(F)(F)F)c12. The van der Waals surface area contributed by atoms with Crippen LogP contribution in [0.2, 0.25) is 0 Å². The predicted molar refractivity (Wildman–Crippen MR) is 144 cm³/mol. The van der Waals surface area contributed by atoms with Crippen molar-refractivity contribution in [3.05, 3.63) is 63.2 Å². The largest absolute Gasteiger partial charge is 0.573 e. The molecule has 0 unspecified atom stereocenters. The van der Waals surface area contributed by atoms with Gasteiger partial charge < -0.3 is 29.6 Å². The number of rotatable bonds is 7. The van der Waals surface area contributed by atoms with Crippen molar-refractivity contribution in [1.29, 1.82) is 0 Å². The van der Waals surface area contributed by atoms with E-state index in [1.807, 2.05) is 13.8 Å². The molecular weight excluding hydrogens is 589 g/mol. The van der Waals surface area contributed by atoms with Crippen LogP contribution in [0, 0.1) is 12.7 Å². The first-order valence-corrected chi connectivity index (χ1v) is 13.1. The molecule has 3 aromatic rings. The Hall–Kier alpha value is -4.01. The summed E-state index contributed by atoms with van der Waals surface area (Å²) >= 11 is 0. The van der Waals surface area contributed by atoms with Crippen LogP contribution < -0.4 is 30.4 Å². The number of nitrogens with one attached hydrogen (secondary N) is 2. The molecule has 1 amide bonds. The van der Waals surface area contributed by atoms with Gasteiger partial charge >= 0.3 is 12.5 Å². The first kappa shape index (κ1) is 31.9. The molecule has 0 aliphatic carbocycles. The second-order valence-corrected chi connectivity index (χ2v) is 10.4. The van der Waals surface area contributed by atoms with Crippen LogP contribution in [-0.4, -0.2) is 55.3 Å². The van der Waals surface area contributed by atoms with Crippen molar-refractivity contribution in [2.45, 2.75) is 58.5 Å². The molecule has 1 aliphatic rings. The van der Waals surface area contributed by atoms with Gasteiger partial charge in [-0.2, -0.15) is 13.2 Å². The zero-order chi connectivity index (χ0) is 31.9. The smallest absolute Gasteiger partial charge is 0.492 e. The van der Waals surface area contributed by atoms with Crippen molar-refractivity contribution in [3.8, 4) is 11.5 Å². The molecule has 43 heavy (non-hydrogen) atoms. The molecule has 1 saturated heterocycles. The maximum atomic E-state index is 15.6. The highest BCUT2D eigenvalue weighted by molar-refractivity contribution is 5.99. The standard InChI is InChI=1S/C28H29F7N4O4/c1-14-7-18(43-28(33,34)35)6-5-17(14)9-36-26(41)20-12-39(13-27(30,31)32)22-19(24(20)40)8-21(29)23(25(22)42-4)38-10-15(2)37-16(3)11-38/h5-8,12,15-16,37H,9-11,13H2,1-4H3,(H,36,41)/t15-,16+. The number of methoxy groups -OCH3 is 1. The molecule has 2 heterocycles. The maximum Gasteiger partial charge on any atom is 0.573 e. The summed E-state index contributed by atoms with van der Waals surface area (Å²) < 4.78 is 104. The van der Waals surface area contributed by atoms with Crippen LogP contribution in [0.4, 0.5) is 36.4 Å². The monoisotopic (exact) mass is 618 g/mol. The number of pyridine rings is 1. The number of benzene rings is 2. The number of alkyl halides is 6. The summed E-state index contributed by atoms with van der Waals surface area (Å²) in [6.45, 7) is 3.94. The van der Waals surface area contributed by atoms with Gasteiger partial charge in [0.1, 0.15) is 23.5 Å². The molecule has 2 atom stereocenters. The molecule has 15 heteroatoms. The zero-order valence-electron chi connectivity index (χ0n) is 23.5. The summed E-state index contributed by atoms with van der Waals surface area (Å²) in [7, 11) is 1.16. The first-order valence-electron chi connectivity index (χ1n) is 13.1. The highest BCUT2D eigenvalue weighted by Crippen LogP contribution is 2.39. The van der Waals surface area contributed by atoms with Crippen molar-refractivity contribution in [3.63, 3.8) is 0 Å². The number of aryl methyl sites for hydroxylation is 1. The number of carbonyl (C=O) groups excluding carboxylic acids is 1. The van der Waals surface area contributed by atoms with Crippen molar-refractivity contribution < 1.29 is 45.0 Å². The third kappa shape index (κ3) is 7.32. The fraction of sp³-hybridized carbons (Fsp3) is 0.429. The Kier molecular flexibility index (Phi) is 8.86. The second-order valence-electron chi connectivity index (χ2n) is 10.4. The fourth-order valence-corrected chi connectivity index (χ4v) is 5.30. The minimum absolute atomic E-state index is 0.0796. The number of hydrogen-bond acceptors (Lipinski definition) is 6. The molecule has 2 N–H and O–H groups in total. The molecular formula is C28H29F7N4O4. The highest BCUT2D eigenvalue weighted by Gasteiger charge is 2.34. The molecule has 4 rings (SSSR count). The Bertz CT molecular complexity index is 1580. The number of anilines is 1. The molecule has 234 valence electrons. The number of fused-ring (bicyclic) bond motifs is 1. The molecule has 1 aliphatic heterocycles. The number of nitrogens with zero attached hydrogens (tertiary/aromatic N) is 2. The normalized spacial score (nSPS) is 17.7. The summed E-state index contributed by atoms with van der Waals surface area (Å²) in [6, 6.07) is 4.03. The number of carbonyl (C=O) groups is 1. The first-order chi connectivity index (χ1) is 20.0. The maximum absolute atomic E-state index is 15.6. The van der Waals surface area contributed by atoms with Crippen molar-refractivity contribution in [1.82, 2.24) is 15.2 Å². The molecule has 1 aromatic heterocycles. The minimum Gasteiger partial charge on any atom is -0.492 e. The number of halogens is 7. The lowest BCUT2D eigenvalue weighted by molar-refractivity contribution is -0.274. The molecule has 1 fully saturated rings. The van der Waals surface area contributed by atoms with E-state index in [0.29, 0.717) is 28.8 Å². The van der Waals surface area contributed by atoms with E-state index in [4.69, 9.17) is 4.74 Å². The van der Waals surface area contributed by atoms with Crippen LogP contribution in [0.1, 0.15) is 35.3 Å². The van der Waals surface area contributed by atoms with E-state index in [0.717, 1.165) is 31.5 Å². The van der Waals surface area contributed by atoms with Crippen LogP contribution >= 0.6 is 0 Å². The molecule has 2 aromatic carbocycles. The number of amides is 1. The van der Waals surface area contributed by atoms with Crippen LogP contribution in [0.15, 0.2) is 35.3 Å². The highest BCUT2D eigenvalue weighted by atomic mass is 19.4. The van der Waals surface area contributed by atoms with Gasteiger partial charge in [-0.25, -0.2) is 4.39 Å². The second kappa shape index (κ2) is 11.9. The van der Waals surface area contributed by atoms with Gasteiger partial charge in [-0.1, -0.05) is 6.07 Å². The Morgan fingerprint density at radius 3 is 2.30 bits per heavy atom. The summed E-state index contributed by atoms with van der Waals surface area (Å²) in [6.07, 6.45) is -8.95.